The SMILES string of the molecule is C=C(C)C#C[C@H](c1cnn(-c2ccccc2)c1C)N1CC[C@@H](CC(=O)O)C[C@H]1c1ccc(C(F)(F)F)cc1. The predicted octanol–water partition coefficient (Wildman–Crippen LogP) is 6.75. The minimum Gasteiger partial charge on any atom is -0.481 e. The second-order valence-corrected chi connectivity index (χ2v) is 9.75. The number of para-hydroxylation sites is 1. The fourth-order valence-electron chi connectivity index (χ4n) is 5.07. The lowest BCUT2D eigenvalue weighted by atomic mass is 9.83. The number of rotatable bonds is 6. The van der Waals surface area contributed by atoms with Crippen LogP contribution in [0.4, 0.5) is 13.2 Å². The van der Waals surface area contributed by atoms with Gasteiger partial charge in [0.2, 0.25) is 0 Å². The average molecular weight is 522 g/mol. The third-order valence-corrected chi connectivity index (χ3v) is 6.94. The molecule has 4 rings (SSSR count). The number of nitrogens with zero attached hydrogens (tertiary/aromatic N) is 3. The lowest BCUT2D eigenvalue weighted by Gasteiger charge is -2.42. The molecular weight excluding hydrogens is 491 g/mol. The number of allylic oxidation sites excluding steroid dienone is 1. The molecule has 0 radical (unpaired) electrons. The molecule has 2 heterocycles. The summed E-state index contributed by atoms with van der Waals surface area (Å²) in [7, 11) is 0. The van der Waals surface area contributed by atoms with Gasteiger partial charge in [0.15, 0.2) is 0 Å². The first-order valence-electron chi connectivity index (χ1n) is 12.5. The highest BCUT2D eigenvalue weighted by Gasteiger charge is 2.37. The van der Waals surface area contributed by atoms with E-state index in [2.05, 4.69) is 28.4 Å². The van der Waals surface area contributed by atoms with E-state index in [0.717, 1.165) is 29.1 Å². The molecule has 0 aliphatic carbocycles. The number of halogens is 3. The maximum atomic E-state index is 13.2. The van der Waals surface area contributed by atoms with Crippen molar-refractivity contribution < 1.29 is 23.1 Å². The van der Waals surface area contributed by atoms with E-state index in [1.807, 2.05) is 48.9 Å². The van der Waals surface area contributed by atoms with Crippen LogP contribution in [0.1, 0.15) is 60.7 Å². The molecule has 198 valence electrons. The van der Waals surface area contributed by atoms with Gasteiger partial charge in [-0.2, -0.15) is 18.3 Å². The first kappa shape index (κ1) is 27.2. The Kier molecular flexibility index (Phi) is 8.08. The lowest BCUT2D eigenvalue weighted by molar-refractivity contribution is -0.139. The molecule has 1 aliphatic heterocycles. The molecule has 0 unspecified atom stereocenters. The van der Waals surface area contributed by atoms with E-state index in [1.165, 1.54) is 12.1 Å². The van der Waals surface area contributed by atoms with Crippen LogP contribution in [-0.2, 0) is 11.0 Å². The van der Waals surface area contributed by atoms with Gasteiger partial charge in [0.25, 0.3) is 0 Å². The zero-order valence-electron chi connectivity index (χ0n) is 21.4. The van der Waals surface area contributed by atoms with Crippen LogP contribution in [-0.4, -0.2) is 32.3 Å². The number of benzene rings is 2. The van der Waals surface area contributed by atoms with Gasteiger partial charge < -0.3 is 5.11 Å². The standard InChI is InChI=1S/C30H30F3N3O2/c1-20(2)9-14-27(26-19-34-36(21(26)3)25-7-5-4-6-8-25)35-16-15-22(18-29(37)38)17-28(35)23-10-12-24(13-11-23)30(31,32)33/h4-8,10-13,19,22,27-28H,1,15-18H2,2-3H3,(H,37,38)/t22-,27-,28+/m1/s1. The second-order valence-electron chi connectivity index (χ2n) is 9.75. The van der Waals surface area contributed by atoms with E-state index >= 15 is 0 Å². The molecule has 8 heteroatoms. The molecular formula is C30H30F3N3O2. The summed E-state index contributed by atoms with van der Waals surface area (Å²) in [4.78, 5) is 13.6. The zero-order chi connectivity index (χ0) is 27.4. The number of carboxylic acid groups (broad SMARTS) is 1. The summed E-state index contributed by atoms with van der Waals surface area (Å²) in [6.07, 6.45) is -1.50. The van der Waals surface area contributed by atoms with Gasteiger partial charge in [-0.05, 0) is 68.0 Å². The minimum atomic E-state index is -4.44. The number of hydrogen-bond acceptors (Lipinski definition) is 3. The van der Waals surface area contributed by atoms with Crippen molar-refractivity contribution in [3.63, 3.8) is 0 Å². The summed E-state index contributed by atoms with van der Waals surface area (Å²) in [6, 6.07) is 14.1. The van der Waals surface area contributed by atoms with E-state index in [4.69, 9.17) is 0 Å². The molecule has 1 aliphatic rings. The van der Waals surface area contributed by atoms with Gasteiger partial charge >= 0.3 is 12.1 Å². The summed E-state index contributed by atoms with van der Waals surface area (Å²) in [5.74, 6) is 5.45. The zero-order valence-corrected chi connectivity index (χ0v) is 21.4. The average Bonchev–Trinajstić information content (AvgIpc) is 3.25. The van der Waals surface area contributed by atoms with Crippen molar-refractivity contribution in [1.29, 1.82) is 0 Å². The Hall–Kier alpha value is -3.83. The first-order valence-corrected chi connectivity index (χ1v) is 12.5. The Bertz CT molecular complexity index is 1350. The Morgan fingerprint density at radius 2 is 1.87 bits per heavy atom. The van der Waals surface area contributed by atoms with Crippen molar-refractivity contribution >= 4 is 5.97 Å². The number of aromatic nitrogens is 2. The van der Waals surface area contributed by atoms with Crippen molar-refractivity contribution in [2.45, 2.75) is 51.4 Å². The third-order valence-electron chi connectivity index (χ3n) is 6.94. The van der Waals surface area contributed by atoms with E-state index in [-0.39, 0.29) is 18.4 Å². The van der Waals surface area contributed by atoms with E-state index in [0.29, 0.717) is 30.5 Å². The topological polar surface area (TPSA) is 58.4 Å². The highest BCUT2D eigenvalue weighted by Crippen LogP contribution is 2.42. The normalized spacial score (nSPS) is 18.9. The monoisotopic (exact) mass is 521 g/mol. The minimum absolute atomic E-state index is 0.0120. The van der Waals surface area contributed by atoms with Crippen molar-refractivity contribution in [1.82, 2.24) is 14.7 Å². The van der Waals surface area contributed by atoms with Crippen molar-refractivity contribution in [3.05, 3.63) is 95.3 Å². The van der Waals surface area contributed by atoms with Gasteiger partial charge in [0, 0.05) is 30.3 Å². The van der Waals surface area contributed by atoms with Crippen LogP contribution >= 0.6 is 0 Å². The summed E-state index contributed by atoms with van der Waals surface area (Å²) in [5.41, 5.74) is 3.36. The van der Waals surface area contributed by atoms with E-state index < -0.39 is 23.8 Å². The molecule has 0 bridgehead atoms. The van der Waals surface area contributed by atoms with Crippen molar-refractivity contribution in [2.24, 2.45) is 5.92 Å². The first-order chi connectivity index (χ1) is 18.0. The Labute approximate surface area is 220 Å². The summed E-state index contributed by atoms with van der Waals surface area (Å²) < 4.78 is 41.6. The van der Waals surface area contributed by atoms with E-state index in [1.54, 1.807) is 6.20 Å². The Morgan fingerprint density at radius 1 is 1.18 bits per heavy atom. The highest BCUT2D eigenvalue weighted by molar-refractivity contribution is 5.67. The molecule has 0 saturated carbocycles. The fraction of sp³-hybridized carbons (Fsp3) is 0.333. The van der Waals surface area contributed by atoms with Crippen molar-refractivity contribution in [3.8, 4) is 17.5 Å². The molecule has 3 aromatic rings. The quantitative estimate of drug-likeness (QED) is 0.365. The number of carboxylic acids is 1. The van der Waals surface area contributed by atoms with Gasteiger partial charge in [-0.15, -0.1) is 0 Å². The molecule has 3 atom stereocenters. The molecule has 1 saturated heterocycles. The maximum absolute atomic E-state index is 13.2. The van der Waals surface area contributed by atoms with Gasteiger partial charge in [-0.3, -0.25) is 9.69 Å². The number of alkyl halides is 3. The fourth-order valence-corrected chi connectivity index (χ4v) is 5.07. The molecule has 1 N–H and O–H groups in total. The molecule has 1 aromatic heterocycles. The van der Waals surface area contributed by atoms with Crippen molar-refractivity contribution in [2.75, 3.05) is 6.54 Å². The smallest absolute Gasteiger partial charge is 0.416 e. The molecule has 1 fully saturated rings. The molecule has 2 aromatic carbocycles. The summed E-state index contributed by atoms with van der Waals surface area (Å²) in [6.45, 7) is 8.23. The molecule has 38 heavy (non-hydrogen) atoms. The maximum Gasteiger partial charge on any atom is 0.416 e. The summed E-state index contributed by atoms with van der Waals surface area (Å²) in [5, 5.41) is 14.0. The van der Waals surface area contributed by atoms with Gasteiger partial charge in [0.1, 0.15) is 6.04 Å². The number of carbonyl (C=O) groups is 1. The number of hydrogen-bond donors (Lipinski definition) is 1. The van der Waals surface area contributed by atoms with Crippen LogP contribution in [0.3, 0.4) is 0 Å². The number of aliphatic carboxylic acids is 1. The second kappa shape index (κ2) is 11.3. The van der Waals surface area contributed by atoms with Crippen LogP contribution in [0.2, 0.25) is 0 Å². The van der Waals surface area contributed by atoms with Crippen LogP contribution < -0.4 is 0 Å². The Balaban J connectivity index is 1.77. The van der Waals surface area contributed by atoms with Gasteiger partial charge in [-0.1, -0.05) is 48.8 Å². The molecule has 0 amide bonds. The largest absolute Gasteiger partial charge is 0.481 e. The Morgan fingerprint density at radius 3 is 2.47 bits per heavy atom. The van der Waals surface area contributed by atoms with E-state index in [9.17, 15) is 23.1 Å². The van der Waals surface area contributed by atoms with Crippen LogP contribution in [0.5, 0.6) is 0 Å². The molecule has 5 nitrogen and oxygen atoms in total. The van der Waals surface area contributed by atoms with Crippen LogP contribution in [0.15, 0.2) is 72.9 Å². The number of piperidine rings is 1. The van der Waals surface area contributed by atoms with Gasteiger partial charge in [-0.25, -0.2) is 4.68 Å². The lowest BCUT2D eigenvalue weighted by Crippen LogP contribution is -2.39. The van der Waals surface area contributed by atoms with Crippen LogP contribution in [0.25, 0.3) is 5.69 Å². The third kappa shape index (κ3) is 6.17. The van der Waals surface area contributed by atoms with Crippen LogP contribution in [0, 0.1) is 24.7 Å². The number of likely N-dealkylation sites (tertiary alicyclic amines) is 1. The molecule has 0 spiro atoms. The predicted molar refractivity (Wildman–Crippen MR) is 139 cm³/mol. The summed E-state index contributed by atoms with van der Waals surface area (Å²) >= 11 is 0. The highest BCUT2D eigenvalue weighted by atomic mass is 19.4. The van der Waals surface area contributed by atoms with Gasteiger partial charge in [0.05, 0.1) is 17.4 Å².